The number of rotatable bonds is 7. The Hall–Kier alpha value is -3.20. The lowest BCUT2D eigenvalue weighted by atomic mass is 10.1. The molecule has 30 heavy (non-hydrogen) atoms. The van der Waals surface area contributed by atoms with E-state index < -0.39 is 11.9 Å². The zero-order chi connectivity index (χ0) is 21.7. The Morgan fingerprint density at radius 3 is 2.37 bits per heavy atom. The summed E-state index contributed by atoms with van der Waals surface area (Å²) in [6.07, 6.45) is 0.00218. The summed E-state index contributed by atoms with van der Waals surface area (Å²) in [6.45, 7) is 1.81. The number of esters is 1. The number of nitrogens with zero attached hydrogens (tertiary/aromatic N) is 2. The first-order valence-corrected chi connectivity index (χ1v) is 10.00. The predicted octanol–water partition coefficient (Wildman–Crippen LogP) is 3.09. The van der Waals surface area contributed by atoms with E-state index in [9.17, 15) is 14.0 Å². The highest BCUT2D eigenvalue weighted by atomic mass is 32.1. The minimum Gasteiger partial charge on any atom is -0.495 e. The van der Waals surface area contributed by atoms with Gasteiger partial charge in [0, 0.05) is 0 Å². The lowest BCUT2D eigenvalue weighted by molar-refractivity contribution is -0.143. The van der Waals surface area contributed by atoms with Crippen LogP contribution in [0.15, 0.2) is 41.4 Å². The standard InChI is InChI=1S/C21H21FN2O5S/c1-4-29-18(26)12-24-19-15(27-2)9-10-16(28-3)20(19)30-21(24)23-17(25)11-13-5-7-14(22)8-6-13/h5-10H,4,11-12H2,1-3H3. The molecule has 0 saturated carbocycles. The monoisotopic (exact) mass is 432 g/mol. The lowest BCUT2D eigenvalue weighted by Crippen LogP contribution is -2.23. The number of aromatic nitrogens is 1. The number of thiazole rings is 1. The molecule has 1 amide bonds. The first kappa shape index (κ1) is 21.5. The van der Waals surface area contributed by atoms with Gasteiger partial charge in [0.15, 0.2) is 4.80 Å². The normalized spacial score (nSPS) is 11.5. The summed E-state index contributed by atoms with van der Waals surface area (Å²) >= 11 is 1.21. The lowest BCUT2D eigenvalue weighted by Gasteiger charge is -2.09. The average molecular weight is 432 g/mol. The Bertz CT molecular complexity index is 1130. The molecule has 0 unspecified atom stereocenters. The number of hydrogen-bond donors (Lipinski definition) is 0. The van der Waals surface area contributed by atoms with Crippen molar-refractivity contribution >= 4 is 33.4 Å². The van der Waals surface area contributed by atoms with Crippen molar-refractivity contribution in [3.63, 3.8) is 0 Å². The highest BCUT2D eigenvalue weighted by molar-refractivity contribution is 7.16. The third-order valence-electron chi connectivity index (χ3n) is 4.27. The summed E-state index contributed by atoms with van der Waals surface area (Å²) in [7, 11) is 3.05. The average Bonchev–Trinajstić information content (AvgIpc) is 3.07. The topological polar surface area (TPSA) is 79.1 Å². The first-order chi connectivity index (χ1) is 14.5. The molecule has 7 nitrogen and oxygen atoms in total. The van der Waals surface area contributed by atoms with Crippen molar-refractivity contribution in [2.45, 2.75) is 19.9 Å². The van der Waals surface area contributed by atoms with Gasteiger partial charge in [0.05, 0.1) is 27.2 Å². The third kappa shape index (κ3) is 4.68. The summed E-state index contributed by atoms with van der Waals surface area (Å²) in [5.41, 5.74) is 1.22. The van der Waals surface area contributed by atoms with Crippen LogP contribution in [0.1, 0.15) is 12.5 Å². The van der Waals surface area contributed by atoms with Crippen LogP contribution < -0.4 is 14.3 Å². The number of carbonyl (C=O) groups excluding carboxylic acids is 2. The Kier molecular flexibility index (Phi) is 6.83. The Morgan fingerprint density at radius 2 is 1.73 bits per heavy atom. The smallest absolute Gasteiger partial charge is 0.326 e. The summed E-state index contributed by atoms with van der Waals surface area (Å²) in [4.78, 5) is 29.3. The van der Waals surface area contributed by atoms with E-state index in [2.05, 4.69) is 4.99 Å². The van der Waals surface area contributed by atoms with Gasteiger partial charge in [-0.2, -0.15) is 4.99 Å². The predicted molar refractivity (Wildman–Crippen MR) is 110 cm³/mol. The number of fused-ring (bicyclic) bond motifs is 1. The van der Waals surface area contributed by atoms with Gasteiger partial charge < -0.3 is 18.8 Å². The van der Waals surface area contributed by atoms with Crippen molar-refractivity contribution in [2.75, 3.05) is 20.8 Å². The van der Waals surface area contributed by atoms with Gasteiger partial charge in [-0.15, -0.1) is 0 Å². The summed E-state index contributed by atoms with van der Waals surface area (Å²) in [5, 5.41) is 0. The van der Waals surface area contributed by atoms with Crippen LogP contribution in [0.25, 0.3) is 10.2 Å². The highest BCUT2D eigenvalue weighted by Gasteiger charge is 2.19. The quantitative estimate of drug-likeness (QED) is 0.536. The zero-order valence-corrected chi connectivity index (χ0v) is 17.6. The van der Waals surface area contributed by atoms with E-state index in [1.807, 2.05) is 0 Å². The maximum absolute atomic E-state index is 13.1. The summed E-state index contributed by atoms with van der Waals surface area (Å²) < 4.78 is 31.3. The van der Waals surface area contributed by atoms with E-state index >= 15 is 0 Å². The SMILES string of the molecule is CCOC(=O)Cn1c(=NC(=O)Cc2ccc(F)cc2)sc2c(OC)ccc(OC)c21. The first-order valence-electron chi connectivity index (χ1n) is 9.18. The zero-order valence-electron chi connectivity index (χ0n) is 16.8. The largest absolute Gasteiger partial charge is 0.495 e. The van der Waals surface area contributed by atoms with Crippen LogP contribution in [0, 0.1) is 5.82 Å². The van der Waals surface area contributed by atoms with Gasteiger partial charge in [-0.25, -0.2) is 4.39 Å². The Balaban J connectivity index is 2.11. The molecule has 1 aromatic heterocycles. The molecule has 2 aromatic carbocycles. The van der Waals surface area contributed by atoms with Crippen LogP contribution in [-0.4, -0.2) is 37.3 Å². The number of methoxy groups -OCH3 is 2. The molecule has 158 valence electrons. The van der Waals surface area contributed by atoms with Gasteiger partial charge in [0.2, 0.25) is 0 Å². The molecule has 1 heterocycles. The maximum atomic E-state index is 13.1. The van der Waals surface area contributed by atoms with E-state index in [0.717, 1.165) is 0 Å². The van der Waals surface area contributed by atoms with E-state index in [1.54, 1.807) is 23.6 Å². The molecule has 9 heteroatoms. The molecule has 0 aliphatic carbocycles. The van der Waals surface area contributed by atoms with Gasteiger partial charge in [0.1, 0.15) is 34.1 Å². The molecule has 3 aromatic rings. The summed E-state index contributed by atoms with van der Waals surface area (Å²) in [5.74, 6) is -0.183. The molecule has 0 fully saturated rings. The fourth-order valence-electron chi connectivity index (χ4n) is 2.94. The molecule has 0 radical (unpaired) electrons. The van der Waals surface area contributed by atoms with E-state index in [0.29, 0.717) is 32.1 Å². The van der Waals surface area contributed by atoms with E-state index in [-0.39, 0.29) is 25.4 Å². The second-order valence-corrected chi connectivity index (χ2v) is 7.21. The molecular weight excluding hydrogens is 411 g/mol. The summed E-state index contributed by atoms with van der Waals surface area (Å²) in [6, 6.07) is 9.12. The Morgan fingerprint density at radius 1 is 1.07 bits per heavy atom. The van der Waals surface area contributed by atoms with Crippen LogP contribution in [0.3, 0.4) is 0 Å². The van der Waals surface area contributed by atoms with E-state index in [1.165, 1.54) is 49.8 Å². The van der Waals surface area contributed by atoms with Crippen LogP contribution >= 0.6 is 11.3 Å². The second kappa shape index (κ2) is 9.53. The van der Waals surface area contributed by atoms with Crippen molar-refractivity contribution in [1.82, 2.24) is 4.57 Å². The number of carbonyl (C=O) groups is 2. The maximum Gasteiger partial charge on any atom is 0.326 e. The fourth-order valence-corrected chi connectivity index (χ4v) is 4.10. The van der Waals surface area contributed by atoms with Crippen LogP contribution in [0.2, 0.25) is 0 Å². The van der Waals surface area contributed by atoms with Crippen molar-refractivity contribution < 1.29 is 28.2 Å². The van der Waals surface area contributed by atoms with Crippen molar-refractivity contribution in [1.29, 1.82) is 0 Å². The van der Waals surface area contributed by atoms with Crippen molar-refractivity contribution in [2.24, 2.45) is 4.99 Å². The molecule has 0 saturated heterocycles. The van der Waals surface area contributed by atoms with Gasteiger partial charge in [-0.3, -0.25) is 9.59 Å². The molecule has 0 aliphatic heterocycles. The van der Waals surface area contributed by atoms with Crippen LogP contribution in [0.4, 0.5) is 4.39 Å². The number of hydrogen-bond acceptors (Lipinski definition) is 6. The van der Waals surface area contributed by atoms with E-state index in [4.69, 9.17) is 14.2 Å². The highest BCUT2D eigenvalue weighted by Crippen LogP contribution is 2.35. The third-order valence-corrected chi connectivity index (χ3v) is 5.37. The van der Waals surface area contributed by atoms with Crippen molar-refractivity contribution in [3.8, 4) is 11.5 Å². The molecule has 3 rings (SSSR count). The number of benzene rings is 2. The van der Waals surface area contributed by atoms with Gasteiger partial charge in [-0.05, 0) is 36.8 Å². The number of ether oxygens (including phenoxy) is 3. The molecule has 0 N–H and O–H groups in total. The molecular formula is C21H21FN2O5S. The molecule has 0 aliphatic rings. The van der Waals surface area contributed by atoms with Crippen molar-refractivity contribution in [3.05, 3.63) is 52.6 Å². The van der Waals surface area contributed by atoms with Gasteiger partial charge in [-0.1, -0.05) is 23.5 Å². The minimum atomic E-state index is -0.463. The van der Waals surface area contributed by atoms with Gasteiger partial charge in [0.25, 0.3) is 5.91 Å². The second-order valence-electron chi connectivity index (χ2n) is 6.23. The fraction of sp³-hybridized carbons (Fsp3) is 0.286. The Labute approximate surface area is 176 Å². The van der Waals surface area contributed by atoms with Gasteiger partial charge >= 0.3 is 5.97 Å². The minimum absolute atomic E-state index is 0.00218. The molecule has 0 spiro atoms. The van der Waals surface area contributed by atoms with Crippen LogP contribution in [-0.2, 0) is 27.3 Å². The number of amides is 1. The molecule has 0 atom stereocenters. The molecule has 0 bridgehead atoms. The van der Waals surface area contributed by atoms with Crippen LogP contribution in [0.5, 0.6) is 11.5 Å². The number of halogens is 1.